The number of nitrogen functional groups attached to an aromatic ring is 1. The summed E-state index contributed by atoms with van der Waals surface area (Å²) in [5, 5.41) is 3.84. The molecule has 0 amide bonds. The van der Waals surface area contributed by atoms with Gasteiger partial charge in [0.05, 0.1) is 10.7 Å². The van der Waals surface area contributed by atoms with Crippen LogP contribution in [0, 0.1) is 0 Å². The van der Waals surface area contributed by atoms with Crippen LogP contribution in [0.1, 0.15) is 18.9 Å². The molecule has 2 aromatic rings. The molecule has 4 nitrogen and oxygen atoms in total. The van der Waals surface area contributed by atoms with E-state index in [1.807, 2.05) is 18.2 Å². The lowest BCUT2D eigenvalue weighted by atomic mass is 10.1. The highest BCUT2D eigenvalue weighted by Gasteiger charge is 2.10. The van der Waals surface area contributed by atoms with Crippen molar-refractivity contribution < 1.29 is 0 Å². The molecule has 0 saturated carbocycles. The van der Waals surface area contributed by atoms with Crippen LogP contribution in [0.15, 0.2) is 29.0 Å². The van der Waals surface area contributed by atoms with Gasteiger partial charge in [-0.1, -0.05) is 40.9 Å². The van der Waals surface area contributed by atoms with Crippen molar-refractivity contribution in [2.24, 2.45) is 0 Å². The Hall–Kier alpha value is -1.33. The van der Waals surface area contributed by atoms with Crippen molar-refractivity contribution in [1.82, 2.24) is 9.97 Å². The third kappa shape index (κ3) is 3.36. The first-order valence-corrected chi connectivity index (χ1v) is 7.10. The molecule has 0 fully saturated rings. The van der Waals surface area contributed by atoms with Gasteiger partial charge in [-0.3, -0.25) is 0 Å². The Morgan fingerprint density at radius 2 is 2.16 bits per heavy atom. The van der Waals surface area contributed by atoms with Crippen molar-refractivity contribution in [2.75, 3.05) is 11.1 Å². The van der Waals surface area contributed by atoms with E-state index in [1.165, 1.54) is 6.33 Å². The van der Waals surface area contributed by atoms with Crippen molar-refractivity contribution in [1.29, 1.82) is 0 Å². The lowest BCUT2D eigenvalue weighted by molar-refractivity contribution is 0.908. The number of hydrogen-bond donors (Lipinski definition) is 2. The van der Waals surface area contributed by atoms with Gasteiger partial charge in [0.1, 0.15) is 18.0 Å². The second kappa shape index (κ2) is 6.21. The molecule has 0 aliphatic rings. The Kier molecular flexibility index (Phi) is 4.61. The van der Waals surface area contributed by atoms with E-state index in [0.717, 1.165) is 28.6 Å². The zero-order chi connectivity index (χ0) is 13.8. The van der Waals surface area contributed by atoms with Crippen molar-refractivity contribution in [3.05, 3.63) is 39.6 Å². The van der Waals surface area contributed by atoms with Gasteiger partial charge in [0.25, 0.3) is 0 Å². The largest absolute Gasteiger partial charge is 0.383 e. The summed E-state index contributed by atoms with van der Waals surface area (Å²) in [5.74, 6) is 1.21. The van der Waals surface area contributed by atoms with Gasteiger partial charge in [0.15, 0.2) is 0 Å². The van der Waals surface area contributed by atoms with Gasteiger partial charge in [-0.25, -0.2) is 9.97 Å². The Balaban J connectivity index is 2.37. The highest BCUT2D eigenvalue weighted by atomic mass is 79.9. The average Bonchev–Trinajstić information content (AvgIpc) is 2.38. The third-order valence-corrected chi connectivity index (χ3v) is 3.48. The minimum atomic E-state index is 0.505. The first-order chi connectivity index (χ1) is 9.11. The van der Waals surface area contributed by atoms with Gasteiger partial charge in [-0.15, -0.1) is 0 Å². The lowest BCUT2D eigenvalue weighted by Crippen LogP contribution is -2.05. The smallest absolute Gasteiger partial charge is 0.139 e. The predicted molar refractivity (Wildman–Crippen MR) is 82.9 cm³/mol. The Morgan fingerprint density at radius 3 is 2.89 bits per heavy atom. The van der Waals surface area contributed by atoms with Gasteiger partial charge in [-0.2, -0.15) is 0 Å². The first kappa shape index (κ1) is 14.1. The van der Waals surface area contributed by atoms with Gasteiger partial charge in [0.2, 0.25) is 0 Å². The predicted octanol–water partition coefficient (Wildman–Crippen LogP) is 4.17. The van der Waals surface area contributed by atoms with Gasteiger partial charge in [0, 0.05) is 10.0 Å². The molecule has 2 rings (SSSR count). The standard InChI is InChI=1S/C13H14BrClN4/c1-2-3-9-12(16)17-7-18-13(9)19-11-6-8(14)4-5-10(11)15/h4-7H,2-3H2,1H3,(H3,16,17,18,19). The second-order valence-electron chi connectivity index (χ2n) is 4.09. The summed E-state index contributed by atoms with van der Waals surface area (Å²) < 4.78 is 0.943. The maximum atomic E-state index is 6.16. The van der Waals surface area contributed by atoms with Crippen LogP contribution in [0.3, 0.4) is 0 Å². The van der Waals surface area contributed by atoms with Gasteiger partial charge < -0.3 is 11.1 Å². The fraction of sp³-hybridized carbons (Fsp3) is 0.231. The number of halogens is 2. The maximum Gasteiger partial charge on any atom is 0.139 e. The highest BCUT2D eigenvalue weighted by Crippen LogP contribution is 2.30. The van der Waals surface area contributed by atoms with Crippen molar-refractivity contribution in [3.8, 4) is 0 Å². The normalized spacial score (nSPS) is 10.5. The maximum absolute atomic E-state index is 6.16. The summed E-state index contributed by atoms with van der Waals surface area (Å²) in [4.78, 5) is 8.27. The van der Waals surface area contributed by atoms with Crippen LogP contribution >= 0.6 is 27.5 Å². The number of rotatable bonds is 4. The quantitative estimate of drug-likeness (QED) is 0.876. The van der Waals surface area contributed by atoms with E-state index >= 15 is 0 Å². The van der Waals surface area contributed by atoms with Crippen LogP contribution in [-0.2, 0) is 6.42 Å². The molecule has 3 N–H and O–H groups in total. The molecule has 1 aromatic carbocycles. The first-order valence-electron chi connectivity index (χ1n) is 5.93. The van der Waals surface area contributed by atoms with Crippen LogP contribution in [0.4, 0.5) is 17.3 Å². The third-order valence-electron chi connectivity index (χ3n) is 2.66. The van der Waals surface area contributed by atoms with Crippen LogP contribution in [0.2, 0.25) is 5.02 Å². The molecular weight excluding hydrogens is 328 g/mol. The van der Waals surface area contributed by atoms with Crippen LogP contribution in [0.25, 0.3) is 0 Å². The Morgan fingerprint density at radius 1 is 1.37 bits per heavy atom. The molecule has 0 bridgehead atoms. The van der Waals surface area contributed by atoms with Crippen molar-refractivity contribution in [3.63, 3.8) is 0 Å². The monoisotopic (exact) mass is 340 g/mol. The molecule has 0 spiro atoms. The van der Waals surface area contributed by atoms with E-state index in [4.69, 9.17) is 17.3 Å². The summed E-state index contributed by atoms with van der Waals surface area (Å²) in [6.45, 7) is 2.09. The SMILES string of the molecule is CCCc1c(N)ncnc1Nc1cc(Br)ccc1Cl. The van der Waals surface area contributed by atoms with Gasteiger partial charge in [-0.05, 0) is 24.6 Å². The molecule has 1 aromatic heterocycles. The molecule has 0 aliphatic carbocycles. The zero-order valence-electron chi connectivity index (χ0n) is 10.5. The minimum Gasteiger partial charge on any atom is -0.383 e. The van der Waals surface area contributed by atoms with E-state index in [0.29, 0.717) is 16.7 Å². The number of nitrogens with zero attached hydrogens (tertiary/aromatic N) is 2. The fourth-order valence-electron chi connectivity index (χ4n) is 1.75. The molecule has 1 heterocycles. The number of aromatic nitrogens is 2. The lowest BCUT2D eigenvalue weighted by Gasteiger charge is -2.13. The summed E-state index contributed by atoms with van der Waals surface area (Å²) in [6.07, 6.45) is 3.24. The zero-order valence-corrected chi connectivity index (χ0v) is 12.8. The van der Waals surface area contributed by atoms with Crippen molar-refractivity contribution >= 4 is 44.9 Å². The highest BCUT2D eigenvalue weighted by molar-refractivity contribution is 9.10. The Labute approximate surface area is 125 Å². The fourth-order valence-corrected chi connectivity index (χ4v) is 2.28. The number of benzene rings is 1. The molecule has 0 saturated heterocycles. The van der Waals surface area contributed by atoms with Crippen LogP contribution in [0.5, 0.6) is 0 Å². The summed E-state index contributed by atoms with van der Waals surface area (Å²) >= 11 is 9.57. The summed E-state index contributed by atoms with van der Waals surface area (Å²) in [7, 11) is 0. The van der Waals surface area contributed by atoms with Gasteiger partial charge >= 0.3 is 0 Å². The molecule has 0 aliphatic heterocycles. The van der Waals surface area contributed by atoms with E-state index in [1.54, 1.807) is 0 Å². The number of nitrogens with one attached hydrogen (secondary N) is 1. The molecule has 100 valence electrons. The molecule has 0 radical (unpaired) electrons. The summed E-state index contributed by atoms with van der Waals surface area (Å²) in [6, 6.07) is 5.60. The topological polar surface area (TPSA) is 63.8 Å². The second-order valence-corrected chi connectivity index (χ2v) is 5.41. The van der Waals surface area contributed by atoms with E-state index < -0.39 is 0 Å². The molecule has 0 unspecified atom stereocenters. The number of nitrogens with two attached hydrogens (primary N) is 1. The van der Waals surface area contributed by atoms with E-state index in [2.05, 4.69) is 38.1 Å². The number of hydrogen-bond acceptors (Lipinski definition) is 4. The average molecular weight is 342 g/mol. The van der Waals surface area contributed by atoms with Crippen LogP contribution < -0.4 is 11.1 Å². The molecular formula is C13H14BrClN4. The number of anilines is 3. The van der Waals surface area contributed by atoms with Crippen molar-refractivity contribution in [2.45, 2.75) is 19.8 Å². The summed E-state index contributed by atoms with van der Waals surface area (Å²) in [5.41, 5.74) is 7.60. The van der Waals surface area contributed by atoms with Crippen LogP contribution in [-0.4, -0.2) is 9.97 Å². The molecule has 0 atom stereocenters. The van der Waals surface area contributed by atoms with E-state index in [-0.39, 0.29) is 0 Å². The Bertz CT molecular complexity index is 589. The molecule has 19 heavy (non-hydrogen) atoms. The van der Waals surface area contributed by atoms with E-state index in [9.17, 15) is 0 Å². The minimum absolute atomic E-state index is 0.505. The molecule has 6 heteroatoms.